The zero-order valence-electron chi connectivity index (χ0n) is 11.5. The SMILES string of the molecule is CCc1cc(C(NC)c2c(F)ccc(Br)c2F)n(C)n1. The van der Waals surface area contributed by atoms with Crippen molar-refractivity contribution in [2.75, 3.05) is 7.05 Å². The van der Waals surface area contributed by atoms with Crippen LogP contribution in [0.5, 0.6) is 0 Å². The monoisotopic (exact) mass is 343 g/mol. The molecule has 2 aromatic rings. The molecule has 1 N–H and O–H groups in total. The summed E-state index contributed by atoms with van der Waals surface area (Å²) in [7, 11) is 3.44. The maximum atomic E-state index is 14.2. The topological polar surface area (TPSA) is 29.9 Å². The van der Waals surface area contributed by atoms with Crippen LogP contribution in [0.4, 0.5) is 8.78 Å². The van der Waals surface area contributed by atoms with E-state index in [-0.39, 0.29) is 10.0 Å². The van der Waals surface area contributed by atoms with Crippen molar-refractivity contribution in [3.05, 3.63) is 51.3 Å². The number of aromatic nitrogens is 2. The van der Waals surface area contributed by atoms with Crippen LogP contribution in [0.1, 0.15) is 29.9 Å². The lowest BCUT2D eigenvalue weighted by Crippen LogP contribution is -2.23. The highest BCUT2D eigenvalue weighted by atomic mass is 79.9. The van der Waals surface area contributed by atoms with Gasteiger partial charge in [-0.15, -0.1) is 0 Å². The van der Waals surface area contributed by atoms with Crippen molar-refractivity contribution in [2.24, 2.45) is 7.05 Å². The molecule has 3 nitrogen and oxygen atoms in total. The minimum atomic E-state index is -0.594. The van der Waals surface area contributed by atoms with Crippen LogP contribution in [-0.4, -0.2) is 16.8 Å². The third-order valence-corrected chi connectivity index (χ3v) is 3.89. The van der Waals surface area contributed by atoms with Gasteiger partial charge in [-0.1, -0.05) is 6.92 Å². The van der Waals surface area contributed by atoms with E-state index in [1.54, 1.807) is 18.8 Å². The van der Waals surface area contributed by atoms with Crippen molar-refractivity contribution in [3.8, 4) is 0 Å². The van der Waals surface area contributed by atoms with Gasteiger partial charge in [0.05, 0.1) is 21.9 Å². The fourth-order valence-corrected chi connectivity index (χ4v) is 2.58. The molecule has 108 valence electrons. The first-order chi connectivity index (χ1) is 9.49. The first-order valence-electron chi connectivity index (χ1n) is 6.33. The first-order valence-corrected chi connectivity index (χ1v) is 7.12. The largest absolute Gasteiger partial charge is 0.308 e. The van der Waals surface area contributed by atoms with Crippen LogP contribution >= 0.6 is 15.9 Å². The normalized spacial score (nSPS) is 12.7. The fraction of sp³-hybridized carbons (Fsp3) is 0.357. The predicted octanol–water partition coefficient (Wildman–Crippen LogP) is 3.33. The molecule has 0 saturated carbocycles. The van der Waals surface area contributed by atoms with Crippen molar-refractivity contribution in [2.45, 2.75) is 19.4 Å². The van der Waals surface area contributed by atoms with Gasteiger partial charge in [-0.25, -0.2) is 8.78 Å². The van der Waals surface area contributed by atoms with Crippen molar-refractivity contribution in [1.82, 2.24) is 15.1 Å². The third kappa shape index (κ3) is 2.62. The summed E-state index contributed by atoms with van der Waals surface area (Å²) in [6.07, 6.45) is 0.772. The van der Waals surface area contributed by atoms with Crippen LogP contribution in [0.3, 0.4) is 0 Å². The molecule has 0 fully saturated rings. The Morgan fingerprint density at radius 3 is 2.65 bits per heavy atom. The summed E-state index contributed by atoms with van der Waals surface area (Å²) < 4.78 is 30.2. The summed E-state index contributed by atoms with van der Waals surface area (Å²) in [5, 5.41) is 7.29. The Morgan fingerprint density at radius 2 is 2.10 bits per heavy atom. The Morgan fingerprint density at radius 1 is 1.40 bits per heavy atom. The van der Waals surface area contributed by atoms with Gasteiger partial charge in [-0.2, -0.15) is 5.10 Å². The van der Waals surface area contributed by atoms with Crippen LogP contribution in [0.2, 0.25) is 0 Å². The van der Waals surface area contributed by atoms with Crippen molar-refractivity contribution in [1.29, 1.82) is 0 Å². The van der Waals surface area contributed by atoms with Crippen molar-refractivity contribution >= 4 is 15.9 Å². The maximum Gasteiger partial charge on any atom is 0.145 e. The highest BCUT2D eigenvalue weighted by Gasteiger charge is 2.25. The van der Waals surface area contributed by atoms with E-state index in [4.69, 9.17) is 0 Å². The van der Waals surface area contributed by atoms with Gasteiger partial charge in [0.1, 0.15) is 11.6 Å². The van der Waals surface area contributed by atoms with Crippen molar-refractivity contribution in [3.63, 3.8) is 0 Å². The number of benzene rings is 1. The molecule has 0 spiro atoms. The second-order valence-electron chi connectivity index (χ2n) is 4.52. The van der Waals surface area contributed by atoms with Crippen LogP contribution in [0, 0.1) is 11.6 Å². The Balaban J connectivity index is 2.58. The average molecular weight is 344 g/mol. The zero-order valence-corrected chi connectivity index (χ0v) is 13.1. The highest BCUT2D eigenvalue weighted by Crippen LogP contribution is 2.30. The summed E-state index contributed by atoms with van der Waals surface area (Å²) in [5.74, 6) is -1.17. The Labute approximate surface area is 125 Å². The number of halogens is 3. The number of hydrogen-bond donors (Lipinski definition) is 1. The van der Waals surface area contributed by atoms with Gasteiger partial charge in [0, 0.05) is 12.6 Å². The quantitative estimate of drug-likeness (QED) is 0.863. The Hall–Kier alpha value is -1.27. The Bertz CT molecular complexity index is 625. The van der Waals surface area contributed by atoms with Gasteiger partial charge in [0.25, 0.3) is 0 Å². The number of nitrogens with zero attached hydrogens (tertiary/aromatic N) is 2. The molecule has 1 unspecified atom stereocenters. The van der Waals surface area contributed by atoms with Gasteiger partial charge >= 0.3 is 0 Å². The molecule has 1 atom stereocenters. The molecule has 0 radical (unpaired) electrons. The van der Waals surface area contributed by atoms with Crippen molar-refractivity contribution < 1.29 is 8.78 Å². The van der Waals surface area contributed by atoms with E-state index < -0.39 is 17.7 Å². The molecule has 1 aromatic carbocycles. The van der Waals surface area contributed by atoms with E-state index in [2.05, 4.69) is 26.3 Å². The zero-order chi connectivity index (χ0) is 14.9. The summed E-state index contributed by atoms with van der Waals surface area (Å²) in [6.45, 7) is 1.99. The van der Waals surface area contributed by atoms with Crippen LogP contribution in [0.15, 0.2) is 22.7 Å². The van der Waals surface area contributed by atoms with E-state index in [1.165, 1.54) is 12.1 Å². The number of rotatable bonds is 4. The maximum absolute atomic E-state index is 14.2. The lowest BCUT2D eigenvalue weighted by atomic mass is 10.0. The molecule has 2 rings (SSSR count). The first kappa shape index (κ1) is 15.1. The lowest BCUT2D eigenvalue weighted by molar-refractivity contribution is 0.503. The van der Waals surface area contributed by atoms with E-state index in [0.29, 0.717) is 0 Å². The molecule has 0 aliphatic carbocycles. The molecule has 1 heterocycles. The molecule has 6 heteroatoms. The van der Waals surface area contributed by atoms with E-state index in [9.17, 15) is 8.78 Å². The lowest BCUT2D eigenvalue weighted by Gasteiger charge is -2.19. The molecule has 0 aliphatic heterocycles. The smallest absolute Gasteiger partial charge is 0.145 e. The molecule has 0 bridgehead atoms. The molecule has 1 aromatic heterocycles. The summed E-state index contributed by atoms with van der Waals surface area (Å²) >= 11 is 3.10. The van der Waals surface area contributed by atoms with E-state index >= 15 is 0 Å². The number of hydrogen-bond acceptors (Lipinski definition) is 2. The fourth-order valence-electron chi connectivity index (χ4n) is 2.23. The molecule has 0 amide bonds. The van der Waals surface area contributed by atoms with E-state index in [1.807, 2.05) is 13.0 Å². The summed E-state index contributed by atoms with van der Waals surface area (Å²) in [4.78, 5) is 0. The minimum absolute atomic E-state index is 0.00692. The number of nitrogens with one attached hydrogen (secondary N) is 1. The average Bonchev–Trinajstić information content (AvgIpc) is 2.80. The van der Waals surface area contributed by atoms with Crippen LogP contribution < -0.4 is 5.32 Å². The van der Waals surface area contributed by atoms with Crippen LogP contribution in [0.25, 0.3) is 0 Å². The standard InChI is InChI=1S/C14H16BrF2N3/c1-4-8-7-11(20(3)19-8)14(18-2)12-10(16)6-5-9(15)13(12)17/h5-7,14,18H,4H2,1-3H3. The second kappa shape index (κ2) is 6.01. The molecule has 0 aliphatic rings. The van der Waals surface area contributed by atoms with Gasteiger partial charge in [0.15, 0.2) is 0 Å². The predicted molar refractivity (Wildman–Crippen MR) is 77.5 cm³/mol. The van der Waals surface area contributed by atoms with Gasteiger partial charge in [-0.3, -0.25) is 4.68 Å². The van der Waals surface area contributed by atoms with E-state index in [0.717, 1.165) is 17.8 Å². The third-order valence-electron chi connectivity index (χ3n) is 3.28. The van der Waals surface area contributed by atoms with Gasteiger partial charge in [0.2, 0.25) is 0 Å². The molecule has 0 saturated heterocycles. The molecular weight excluding hydrogens is 328 g/mol. The second-order valence-corrected chi connectivity index (χ2v) is 5.37. The highest BCUT2D eigenvalue weighted by molar-refractivity contribution is 9.10. The molecule has 20 heavy (non-hydrogen) atoms. The minimum Gasteiger partial charge on any atom is -0.308 e. The summed E-state index contributed by atoms with van der Waals surface area (Å²) in [6, 6.07) is 3.89. The number of aryl methyl sites for hydroxylation is 2. The van der Waals surface area contributed by atoms with Gasteiger partial charge in [-0.05, 0) is 47.6 Å². The Kier molecular flexibility index (Phi) is 4.55. The molecular formula is C14H16BrF2N3. The van der Waals surface area contributed by atoms with Gasteiger partial charge < -0.3 is 5.32 Å². The van der Waals surface area contributed by atoms with Crippen LogP contribution in [-0.2, 0) is 13.5 Å². The summed E-state index contributed by atoms with van der Waals surface area (Å²) in [5.41, 5.74) is 1.60.